The summed E-state index contributed by atoms with van der Waals surface area (Å²) >= 11 is 0. The number of dihydropyridines is 1. The fourth-order valence-electron chi connectivity index (χ4n) is 1.95. The third-order valence-electron chi connectivity index (χ3n) is 2.87. The van der Waals surface area contributed by atoms with Crippen LogP contribution in [0.2, 0.25) is 0 Å². The van der Waals surface area contributed by atoms with Gasteiger partial charge in [0, 0.05) is 31.2 Å². The topological polar surface area (TPSA) is 59.3 Å². The predicted octanol–water partition coefficient (Wildman–Crippen LogP) is 0.431. The molecule has 1 unspecified atom stereocenters. The highest BCUT2D eigenvalue weighted by Crippen LogP contribution is 2.14. The van der Waals surface area contributed by atoms with Crippen molar-refractivity contribution in [3.63, 3.8) is 0 Å². The molecule has 4 heteroatoms. The van der Waals surface area contributed by atoms with Crippen LogP contribution < -0.4 is 16.4 Å². The smallest absolute Gasteiger partial charge is 0.105 e. The normalized spacial score (nSPS) is 32.2. The summed E-state index contributed by atoms with van der Waals surface area (Å²) in [5, 5.41) is 6.84. The van der Waals surface area contributed by atoms with Crippen LogP contribution in [0.1, 0.15) is 19.8 Å². The fourth-order valence-corrected chi connectivity index (χ4v) is 1.95. The summed E-state index contributed by atoms with van der Waals surface area (Å²) in [4.78, 5) is 0. The van der Waals surface area contributed by atoms with Gasteiger partial charge in [-0.1, -0.05) is 0 Å². The van der Waals surface area contributed by atoms with Crippen LogP contribution in [-0.4, -0.2) is 24.9 Å². The number of nitrogens with two attached hydrogens (primary N) is 1. The van der Waals surface area contributed by atoms with Gasteiger partial charge in [0.1, 0.15) is 5.66 Å². The van der Waals surface area contributed by atoms with Gasteiger partial charge in [-0.25, -0.2) is 0 Å². The van der Waals surface area contributed by atoms with E-state index < -0.39 is 0 Å². The SMILES string of the molecule is CC1(NC2CCOCC2)C=CC(N)=CN1. The zero-order valence-corrected chi connectivity index (χ0v) is 9.12. The lowest BCUT2D eigenvalue weighted by Gasteiger charge is -2.36. The van der Waals surface area contributed by atoms with E-state index in [0.717, 1.165) is 31.8 Å². The van der Waals surface area contributed by atoms with Gasteiger partial charge >= 0.3 is 0 Å². The molecule has 84 valence electrons. The molecule has 1 fully saturated rings. The Balaban J connectivity index is 1.90. The highest BCUT2D eigenvalue weighted by Gasteiger charge is 2.25. The minimum absolute atomic E-state index is 0.176. The zero-order chi connectivity index (χ0) is 10.7. The summed E-state index contributed by atoms with van der Waals surface area (Å²) in [6, 6.07) is 0.522. The van der Waals surface area contributed by atoms with Gasteiger partial charge in [0.15, 0.2) is 0 Å². The maximum absolute atomic E-state index is 5.65. The van der Waals surface area contributed by atoms with Gasteiger partial charge in [0.05, 0.1) is 0 Å². The second-order valence-corrected chi connectivity index (χ2v) is 4.36. The first-order valence-corrected chi connectivity index (χ1v) is 5.46. The lowest BCUT2D eigenvalue weighted by Crippen LogP contribution is -2.57. The van der Waals surface area contributed by atoms with Crippen LogP contribution in [0.5, 0.6) is 0 Å². The molecule has 0 saturated carbocycles. The van der Waals surface area contributed by atoms with Crippen molar-refractivity contribution in [3.8, 4) is 0 Å². The predicted molar refractivity (Wildman–Crippen MR) is 59.9 cm³/mol. The Morgan fingerprint density at radius 2 is 2.27 bits per heavy atom. The Morgan fingerprint density at radius 3 is 2.87 bits per heavy atom. The van der Waals surface area contributed by atoms with E-state index in [9.17, 15) is 0 Å². The molecule has 0 aromatic rings. The van der Waals surface area contributed by atoms with E-state index in [0.29, 0.717) is 6.04 Å². The quantitative estimate of drug-likeness (QED) is 0.617. The number of nitrogens with one attached hydrogen (secondary N) is 2. The number of hydrogen-bond donors (Lipinski definition) is 3. The van der Waals surface area contributed by atoms with Crippen LogP contribution >= 0.6 is 0 Å². The zero-order valence-electron chi connectivity index (χ0n) is 9.12. The lowest BCUT2D eigenvalue weighted by molar-refractivity contribution is 0.0706. The van der Waals surface area contributed by atoms with Crippen molar-refractivity contribution in [2.45, 2.75) is 31.5 Å². The summed E-state index contributed by atoms with van der Waals surface area (Å²) in [6.45, 7) is 3.83. The van der Waals surface area contributed by atoms with E-state index >= 15 is 0 Å². The van der Waals surface area contributed by atoms with Crippen LogP contribution in [0.3, 0.4) is 0 Å². The molecule has 15 heavy (non-hydrogen) atoms. The molecule has 4 N–H and O–H groups in total. The highest BCUT2D eigenvalue weighted by molar-refractivity contribution is 5.24. The molecule has 0 radical (unpaired) electrons. The van der Waals surface area contributed by atoms with Crippen molar-refractivity contribution in [2.24, 2.45) is 5.73 Å². The summed E-state index contributed by atoms with van der Waals surface area (Å²) in [7, 11) is 0. The molecule has 0 spiro atoms. The molecular formula is C11H19N3O. The highest BCUT2D eigenvalue weighted by atomic mass is 16.5. The Morgan fingerprint density at radius 1 is 1.53 bits per heavy atom. The molecule has 0 amide bonds. The van der Waals surface area contributed by atoms with Crippen LogP contribution in [0.15, 0.2) is 24.0 Å². The van der Waals surface area contributed by atoms with E-state index in [1.165, 1.54) is 0 Å². The number of rotatable bonds is 2. The van der Waals surface area contributed by atoms with Gasteiger partial charge in [-0.15, -0.1) is 0 Å². The molecule has 0 aromatic carbocycles. The van der Waals surface area contributed by atoms with Gasteiger partial charge in [0.25, 0.3) is 0 Å². The average molecular weight is 209 g/mol. The van der Waals surface area contributed by atoms with Gasteiger partial charge in [-0.05, 0) is 31.9 Å². The average Bonchev–Trinajstić information content (AvgIpc) is 2.24. The number of allylic oxidation sites excluding steroid dienone is 1. The molecule has 2 heterocycles. The minimum atomic E-state index is -0.176. The molecule has 2 rings (SSSR count). The Bertz CT molecular complexity index is 282. The molecule has 4 nitrogen and oxygen atoms in total. The molecular weight excluding hydrogens is 190 g/mol. The van der Waals surface area contributed by atoms with Crippen molar-refractivity contribution in [2.75, 3.05) is 13.2 Å². The Hall–Kier alpha value is -1.00. The van der Waals surface area contributed by atoms with E-state index in [-0.39, 0.29) is 5.66 Å². The second kappa shape index (κ2) is 4.24. The standard InChI is InChI=1S/C11H19N3O/c1-11(5-2-9(12)8-13-11)14-10-3-6-15-7-4-10/h2,5,8,10,13-14H,3-4,6-7,12H2,1H3. The van der Waals surface area contributed by atoms with Crippen molar-refractivity contribution in [1.29, 1.82) is 0 Å². The first-order chi connectivity index (χ1) is 7.18. The largest absolute Gasteiger partial charge is 0.398 e. The van der Waals surface area contributed by atoms with Crippen LogP contribution in [0.25, 0.3) is 0 Å². The maximum Gasteiger partial charge on any atom is 0.105 e. The van der Waals surface area contributed by atoms with Crippen LogP contribution in [0.4, 0.5) is 0 Å². The van der Waals surface area contributed by atoms with E-state index in [1.807, 2.05) is 12.3 Å². The molecule has 1 saturated heterocycles. The molecule has 0 bridgehead atoms. The number of hydrogen-bond acceptors (Lipinski definition) is 4. The Kier molecular flexibility index (Phi) is 2.98. The van der Waals surface area contributed by atoms with Gasteiger partial charge in [-0.3, -0.25) is 5.32 Å². The Labute approximate surface area is 90.6 Å². The van der Waals surface area contributed by atoms with Gasteiger partial charge in [-0.2, -0.15) is 0 Å². The second-order valence-electron chi connectivity index (χ2n) is 4.36. The molecule has 0 aliphatic carbocycles. The van der Waals surface area contributed by atoms with Crippen molar-refractivity contribution in [3.05, 3.63) is 24.0 Å². The molecule has 1 atom stereocenters. The summed E-state index contributed by atoms with van der Waals surface area (Å²) in [5.74, 6) is 0. The molecule has 2 aliphatic heterocycles. The first kappa shape index (κ1) is 10.5. The van der Waals surface area contributed by atoms with Crippen molar-refractivity contribution >= 4 is 0 Å². The maximum atomic E-state index is 5.65. The minimum Gasteiger partial charge on any atom is -0.398 e. The van der Waals surface area contributed by atoms with E-state index in [2.05, 4.69) is 23.6 Å². The van der Waals surface area contributed by atoms with E-state index in [4.69, 9.17) is 10.5 Å². The summed E-state index contributed by atoms with van der Waals surface area (Å²) in [6.07, 6.45) is 7.99. The van der Waals surface area contributed by atoms with Crippen molar-refractivity contribution in [1.82, 2.24) is 10.6 Å². The van der Waals surface area contributed by atoms with Gasteiger partial charge in [0.2, 0.25) is 0 Å². The third-order valence-corrected chi connectivity index (χ3v) is 2.87. The third kappa shape index (κ3) is 2.73. The van der Waals surface area contributed by atoms with Crippen LogP contribution in [-0.2, 0) is 4.74 Å². The van der Waals surface area contributed by atoms with Gasteiger partial charge < -0.3 is 15.8 Å². The first-order valence-electron chi connectivity index (χ1n) is 5.46. The lowest BCUT2D eigenvalue weighted by atomic mass is 10.0. The summed E-state index contributed by atoms with van der Waals surface area (Å²) in [5.41, 5.74) is 6.24. The number of ether oxygens (including phenoxy) is 1. The molecule has 2 aliphatic rings. The van der Waals surface area contributed by atoms with Crippen molar-refractivity contribution < 1.29 is 4.74 Å². The summed E-state index contributed by atoms with van der Waals surface area (Å²) < 4.78 is 5.33. The monoisotopic (exact) mass is 209 g/mol. The fraction of sp³-hybridized carbons (Fsp3) is 0.636. The van der Waals surface area contributed by atoms with Crippen LogP contribution in [0, 0.1) is 0 Å². The molecule has 0 aromatic heterocycles. The van der Waals surface area contributed by atoms with E-state index in [1.54, 1.807) is 0 Å².